The first-order chi connectivity index (χ1) is 11.2. The summed E-state index contributed by atoms with van der Waals surface area (Å²) in [6.07, 6.45) is -0.741. The third-order valence-electron chi connectivity index (χ3n) is 3.83. The van der Waals surface area contributed by atoms with E-state index in [9.17, 15) is 9.90 Å². The van der Waals surface area contributed by atoms with Crippen molar-refractivity contribution in [2.75, 3.05) is 6.61 Å². The van der Waals surface area contributed by atoms with Gasteiger partial charge in [-0.15, -0.1) is 0 Å². The summed E-state index contributed by atoms with van der Waals surface area (Å²) < 4.78 is 5.86. The van der Waals surface area contributed by atoms with Gasteiger partial charge < -0.3 is 9.84 Å². The van der Waals surface area contributed by atoms with Gasteiger partial charge in [0.15, 0.2) is 5.78 Å². The lowest BCUT2D eigenvalue weighted by atomic mass is 10.0. The molecule has 1 atom stereocenters. The molecule has 0 unspecified atom stereocenters. The molecule has 0 aliphatic rings. The van der Waals surface area contributed by atoms with Crippen molar-refractivity contribution in [3.8, 4) is 5.75 Å². The Hall–Kier alpha value is -2.65. The summed E-state index contributed by atoms with van der Waals surface area (Å²) in [5, 5.41) is 12.2. The number of aliphatic hydroxyl groups excluding tert-OH is 1. The minimum absolute atomic E-state index is 0.0556. The van der Waals surface area contributed by atoms with Crippen molar-refractivity contribution in [2.24, 2.45) is 0 Å². The monoisotopic (exact) mass is 306 g/mol. The predicted octanol–water partition coefficient (Wildman–Crippen LogP) is 4.15. The van der Waals surface area contributed by atoms with E-state index in [1.807, 2.05) is 60.7 Å². The number of aliphatic hydroxyl groups is 1. The van der Waals surface area contributed by atoms with Gasteiger partial charge in [0.1, 0.15) is 18.5 Å². The third kappa shape index (κ3) is 3.25. The van der Waals surface area contributed by atoms with Crippen molar-refractivity contribution in [2.45, 2.75) is 13.0 Å². The molecule has 0 aliphatic carbocycles. The maximum atomic E-state index is 11.9. The number of carbonyl (C=O) groups excluding carboxylic acids is 1. The number of rotatable bonds is 5. The number of ketones is 1. The van der Waals surface area contributed by atoms with Gasteiger partial charge in [-0.25, -0.2) is 0 Å². The van der Waals surface area contributed by atoms with Crippen LogP contribution in [0.1, 0.15) is 28.9 Å². The number of hydrogen-bond acceptors (Lipinski definition) is 3. The Bertz CT molecular complexity index is 825. The highest BCUT2D eigenvalue weighted by Crippen LogP contribution is 2.31. The average molecular weight is 306 g/mol. The number of hydrogen-bond donors (Lipinski definition) is 1. The van der Waals surface area contributed by atoms with Crippen molar-refractivity contribution in [3.05, 3.63) is 77.9 Å². The second kappa shape index (κ2) is 6.63. The number of carbonyl (C=O) groups is 1. The minimum Gasteiger partial charge on any atom is -0.489 e. The molecule has 0 heterocycles. The maximum absolute atomic E-state index is 11.9. The zero-order valence-corrected chi connectivity index (χ0v) is 12.9. The standard InChI is InChI=1S/C20H18O3/c1-14(21)17-12-11-15-7-5-6-10-18(15)20(17)23-13-19(22)16-8-3-2-4-9-16/h2-12,19,22H,13H2,1H3/t19-/m1/s1. The van der Waals surface area contributed by atoms with Crippen LogP contribution in [0.2, 0.25) is 0 Å². The van der Waals surface area contributed by atoms with E-state index in [0.717, 1.165) is 16.3 Å². The second-order valence-corrected chi connectivity index (χ2v) is 5.46. The fourth-order valence-corrected chi connectivity index (χ4v) is 2.61. The molecule has 3 heteroatoms. The molecule has 0 bridgehead atoms. The van der Waals surface area contributed by atoms with Crippen LogP contribution in [0, 0.1) is 0 Å². The van der Waals surface area contributed by atoms with E-state index in [1.165, 1.54) is 6.92 Å². The molecule has 0 aromatic heterocycles. The number of benzene rings is 3. The van der Waals surface area contributed by atoms with Gasteiger partial charge in [-0.1, -0.05) is 60.7 Å². The zero-order valence-electron chi connectivity index (χ0n) is 12.9. The lowest BCUT2D eigenvalue weighted by Gasteiger charge is -2.16. The Morgan fingerprint density at radius 1 is 1.00 bits per heavy atom. The lowest BCUT2D eigenvalue weighted by molar-refractivity contribution is 0.0980. The van der Waals surface area contributed by atoms with E-state index in [0.29, 0.717) is 11.3 Å². The Morgan fingerprint density at radius 3 is 2.43 bits per heavy atom. The Kier molecular flexibility index (Phi) is 4.40. The van der Waals surface area contributed by atoms with Crippen molar-refractivity contribution >= 4 is 16.6 Å². The molecule has 0 spiro atoms. The van der Waals surface area contributed by atoms with E-state index in [-0.39, 0.29) is 12.4 Å². The molecule has 1 N–H and O–H groups in total. The maximum Gasteiger partial charge on any atom is 0.163 e. The molecule has 116 valence electrons. The fourth-order valence-electron chi connectivity index (χ4n) is 2.61. The van der Waals surface area contributed by atoms with E-state index < -0.39 is 6.10 Å². The molecule has 3 aromatic carbocycles. The smallest absolute Gasteiger partial charge is 0.163 e. The quantitative estimate of drug-likeness (QED) is 0.720. The van der Waals surface area contributed by atoms with Gasteiger partial charge in [0, 0.05) is 5.39 Å². The van der Waals surface area contributed by atoms with E-state index in [1.54, 1.807) is 6.07 Å². The molecule has 0 amide bonds. The predicted molar refractivity (Wildman–Crippen MR) is 90.8 cm³/mol. The van der Waals surface area contributed by atoms with Crippen LogP contribution in [0.15, 0.2) is 66.7 Å². The highest BCUT2D eigenvalue weighted by Gasteiger charge is 2.15. The molecule has 3 aromatic rings. The summed E-state index contributed by atoms with van der Waals surface area (Å²) in [6.45, 7) is 1.61. The molecule has 3 nitrogen and oxygen atoms in total. The second-order valence-electron chi connectivity index (χ2n) is 5.46. The van der Waals surface area contributed by atoms with Crippen molar-refractivity contribution < 1.29 is 14.6 Å². The normalized spacial score (nSPS) is 12.1. The minimum atomic E-state index is -0.741. The van der Waals surface area contributed by atoms with E-state index in [2.05, 4.69) is 0 Å². The Labute approximate surface area is 135 Å². The first kappa shape index (κ1) is 15.3. The molecule has 0 saturated carbocycles. The van der Waals surface area contributed by atoms with Crippen molar-refractivity contribution in [3.63, 3.8) is 0 Å². The van der Waals surface area contributed by atoms with Crippen LogP contribution in [-0.2, 0) is 0 Å². The third-order valence-corrected chi connectivity index (χ3v) is 3.83. The van der Waals surface area contributed by atoms with E-state index in [4.69, 9.17) is 4.74 Å². The van der Waals surface area contributed by atoms with Crippen molar-refractivity contribution in [1.82, 2.24) is 0 Å². The van der Waals surface area contributed by atoms with Gasteiger partial charge in [0.2, 0.25) is 0 Å². The van der Waals surface area contributed by atoms with Crippen LogP contribution in [0.4, 0.5) is 0 Å². The molecule has 3 rings (SSSR count). The summed E-state index contributed by atoms with van der Waals surface area (Å²) >= 11 is 0. The van der Waals surface area contributed by atoms with Crippen LogP contribution >= 0.6 is 0 Å². The van der Waals surface area contributed by atoms with Gasteiger partial charge in [-0.2, -0.15) is 0 Å². The fraction of sp³-hybridized carbons (Fsp3) is 0.150. The number of ether oxygens (including phenoxy) is 1. The first-order valence-corrected chi connectivity index (χ1v) is 7.55. The largest absolute Gasteiger partial charge is 0.489 e. The lowest BCUT2D eigenvalue weighted by Crippen LogP contribution is -2.11. The summed E-state index contributed by atoms with van der Waals surface area (Å²) in [6, 6.07) is 20.8. The molecule has 0 radical (unpaired) electrons. The van der Waals surface area contributed by atoms with Crippen LogP contribution in [-0.4, -0.2) is 17.5 Å². The van der Waals surface area contributed by atoms with E-state index >= 15 is 0 Å². The molecule has 0 fully saturated rings. The summed E-state index contributed by atoms with van der Waals surface area (Å²) in [5.74, 6) is 0.477. The Morgan fingerprint density at radius 2 is 1.70 bits per heavy atom. The van der Waals surface area contributed by atoms with Gasteiger partial charge in [0.05, 0.1) is 5.56 Å². The highest BCUT2D eigenvalue weighted by molar-refractivity contribution is 6.03. The zero-order chi connectivity index (χ0) is 16.2. The summed E-state index contributed by atoms with van der Waals surface area (Å²) in [4.78, 5) is 11.9. The molecular weight excluding hydrogens is 288 g/mol. The summed E-state index contributed by atoms with van der Waals surface area (Å²) in [5.41, 5.74) is 1.32. The molecular formula is C20H18O3. The number of Topliss-reactive ketones (excluding diaryl/α,β-unsaturated/α-hetero) is 1. The Balaban J connectivity index is 1.92. The number of fused-ring (bicyclic) bond motifs is 1. The van der Waals surface area contributed by atoms with Crippen LogP contribution in [0.25, 0.3) is 10.8 Å². The summed E-state index contributed by atoms with van der Waals surface area (Å²) in [7, 11) is 0. The van der Waals surface area contributed by atoms with Gasteiger partial charge in [-0.05, 0) is 23.9 Å². The van der Waals surface area contributed by atoms with Crippen LogP contribution < -0.4 is 4.74 Å². The molecule has 0 aliphatic heterocycles. The van der Waals surface area contributed by atoms with Crippen LogP contribution in [0.3, 0.4) is 0 Å². The molecule has 0 saturated heterocycles. The average Bonchev–Trinajstić information content (AvgIpc) is 2.59. The SMILES string of the molecule is CC(=O)c1ccc2ccccc2c1OC[C@@H](O)c1ccccc1. The van der Waals surface area contributed by atoms with Gasteiger partial charge in [0.25, 0.3) is 0 Å². The van der Waals surface area contributed by atoms with Crippen LogP contribution in [0.5, 0.6) is 5.75 Å². The molecule has 23 heavy (non-hydrogen) atoms. The van der Waals surface area contributed by atoms with Gasteiger partial charge >= 0.3 is 0 Å². The van der Waals surface area contributed by atoms with Crippen molar-refractivity contribution in [1.29, 1.82) is 0 Å². The first-order valence-electron chi connectivity index (χ1n) is 7.55. The van der Waals surface area contributed by atoms with Gasteiger partial charge in [-0.3, -0.25) is 4.79 Å². The topological polar surface area (TPSA) is 46.5 Å². The highest BCUT2D eigenvalue weighted by atomic mass is 16.5.